The lowest BCUT2D eigenvalue weighted by molar-refractivity contribution is -0.133. The summed E-state index contributed by atoms with van der Waals surface area (Å²) in [4.78, 5) is 12.3. The van der Waals surface area contributed by atoms with Gasteiger partial charge in [-0.1, -0.05) is 0 Å². The van der Waals surface area contributed by atoms with Crippen molar-refractivity contribution in [2.45, 2.75) is 12.8 Å². The summed E-state index contributed by atoms with van der Waals surface area (Å²) >= 11 is 1.49. The normalized spacial score (nSPS) is 10.6. The standard InChI is InChI=1S/C8H15F2NO2S/c1-14-5-2-8(13)11(3-4-12)6-7(9)10/h7,12H,2-6H2,1H3. The number of hydrogen-bond acceptors (Lipinski definition) is 3. The van der Waals surface area contributed by atoms with Crippen LogP contribution in [0.25, 0.3) is 0 Å². The largest absolute Gasteiger partial charge is 0.395 e. The maximum atomic E-state index is 12.0. The molecular weight excluding hydrogens is 212 g/mol. The summed E-state index contributed by atoms with van der Waals surface area (Å²) in [6.45, 7) is -0.886. The van der Waals surface area contributed by atoms with E-state index in [2.05, 4.69) is 0 Å². The van der Waals surface area contributed by atoms with E-state index in [1.165, 1.54) is 11.8 Å². The first kappa shape index (κ1) is 13.6. The van der Waals surface area contributed by atoms with Gasteiger partial charge in [0, 0.05) is 18.7 Å². The smallest absolute Gasteiger partial charge is 0.255 e. The van der Waals surface area contributed by atoms with Gasteiger partial charge in [-0.25, -0.2) is 8.78 Å². The number of aliphatic hydroxyl groups excluding tert-OH is 1. The van der Waals surface area contributed by atoms with E-state index >= 15 is 0 Å². The number of hydrogen-bond donors (Lipinski definition) is 1. The Hall–Kier alpha value is -0.360. The quantitative estimate of drug-likeness (QED) is 0.700. The summed E-state index contributed by atoms with van der Waals surface area (Å²) in [7, 11) is 0. The zero-order valence-electron chi connectivity index (χ0n) is 8.08. The minimum Gasteiger partial charge on any atom is -0.395 e. The molecule has 0 saturated heterocycles. The first-order chi connectivity index (χ1) is 6.61. The van der Waals surface area contributed by atoms with Gasteiger partial charge in [-0.05, 0) is 6.26 Å². The van der Waals surface area contributed by atoms with Gasteiger partial charge >= 0.3 is 0 Å². The minimum atomic E-state index is -2.54. The highest BCUT2D eigenvalue weighted by atomic mass is 32.2. The van der Waals surface area contributed by atoms with Crippen LogP contribution in [-0.4, -0.2) is 54.0 Å². The van der Waals surface area contributed by atoms with Gasteiger partial charge in [0.25, 0.3) is 6.43 Å². The van der Waals surface area contributed by atoms with Crippen molar-refractivity contribution in [1.29, 1.82) is 0 Å². The fourth-order valence-corrected chi connectivity index (χ4v) is 1.33. The Bertz CT molecular complexity index is 169. The molecule has 0 rings (SSSR count). The van der Waals surface area contributed by atoms with Crippen LogP contribution in [0.15, 0.2) is 0 Å². The third kappa shape index (κ3) is 6.15. The second-order valence-corrected chi connectivity index (χ2v) is 3.68. The molecule has 0 aromatic rings. The molecule has 0 heterocycles. The van der Waals surface area contributed by atoms with Crippen LogP contribution in [-0.2, 0) is 4.79 Å². The fraction of sp³-hybridized carbons (Fsp3) is 0.875. The van der Waals surface area contributed by atoms with Crippen LogP contribution in [0.4, 0.5) is 8.78 Å². The summed E-state index contributed by atoms with van der Waals surface area (Å²) in [6.07, 6.45) is -0.454. The highest BCUT2D eigenvalue weighted by Crippen LogP contribution is 2.03. The molecule has 0 radical (unpaired) electrons. The number of carbonyl (C=O) groups is 1. The van der Waals surface area contributed by atoms with Crippen LogP contribution < -0.4 is 0 Å². The summed E-state index contributed by atoms with van der Waals surface area (Å²) < 4.78 is 24.0. The number of rotatable bonds is 7. The van der Waals surface area contributed by atoms with Crippen LogP contribution in [0.1, 0.15) is 6.42 Å². The zero-order chi connectivity index (χ0) is 11.0. The van der Waals surface area contributed by atoms with Crippen molar-refractivity contribution in [1.82, 2.24) is 4.90 Å². The lowest BCUT2D eigenvalue weighted by Gasteiger charge is -2.20. The molecule has 3 nitrogen and oxygen atoms in total. The average molecular weight is 227 g/mol. The molecule has 0 aromatic carbocycles. The fourth-order valence-electron chi connectivity index (χ4n) is 0.953. The van der Waals surface area contributed by atoms with Crippen molar-refractivity contribution in [2.24, 2.45) is 0 Å². The molecule has 0 aliphatic rings. The van der Waals surface area contributed by atoms with Crippen LogP contribution >= 0.6 is 11.8 Å². The predicted octanol–water partition coefficient (Wildman–Crippen LogP) is 0.826. The maximum Gasteiger partial charge on any atom is 0.255 e. The second kappa shape index (κ2) is 7.99. The van der Waals surface area contributed by atoms with Gasteiger partial charge < -0.3 is 10.0 Å². The Labute approximate surface area is 86.5 Å². The minimum absolute atomic E-state index is 0.0163. The Morgan fingerprint density at radius 3 is 2.64 bits per heavy atom. The van der Waals surface area contributed by atoms with Gasteiger partial charge in [-0.15, -0.1) is 0 Å². The van der Waals surface area contributed by atoms with E-state index in [0.717, 1.165) is 4.90 Å². The van der Waals surface area contributed by atoms with E-state index in [4.69, 9.17) is 5.11 Å². The molecule has 14 heavy (non-hydrogen) atoms. The molecule has 0 aliphatic heterocycles. The first-order valence-corrected chi connectivity index (χ1v) is 5.67. The Balaban J connectivity index is 3.97. The third-order valence-electron chi connectivity index (χ3n) is 1.60. The van der Waals surface area contributed by atoms with Gasteiger partial charge in [0.15, 0.2) is 0 Å². The van der Waals surface area contributed by atoms with Crippen LogP contribution in [0, 0.1) is 0 Å². The molecule has 0 spiro atoms. The average Bonchev–Trinajstić information content (AvgIpc) is 2.13. The van der Waals surface area contributed by atoms with E-state index in [-0.39, 0.29) is 25.5 Å². The molecule has 1 N–H and O–H groups in total. The molecule has 1 amide bonds. The van der Waals surface area contributed by atoms with Crippen molar-refractivity contribution in [3.8, 4) is 0 Å². The van der Waals surface area contributed by atoms with Gasteiger partial charge in [0.05, 0.1) is 13.2 Å². The van der Waals surface area contributed by atoms with Crippen molar-refractivity contribution in [3.05, 3.63) is 0 Å². The van der Waals surface area contributed by atoms with E-state index in [0.29, 0.717) is 5.75 Å². The second-order valence-electron chi connectivity index (χ2n) is 2.70. The summed E-state index contributed by atoms with van der Waals surface area (Å²) in [5.74, 6) is 0.290. The first-order valence-electron chi connectivity index (χ1n) is 4.27. The van der Waals surface area contributed by atoms with Gasteiger partial charge in [0.1, 0.15) is 0 Å². The summed E-state index contributed by atoms with van der Waals surface area (Å²) in [5.41, 5.74) is 0. The zero-order valence-corrected chi connectivity index (χ0v) is 8.90. The van der Waals surface area contributed by atoms with Crippen molar-refractivity contribution < 1.29 is 18.7 Å². The van der Waals surface area contributed by atoms with Gasteiger partial charge in [0.2, 0.25) is 5.91 Å². The number of aliphatic hydroxyl groups is 1. The van der Waals surface area contributed by atoms with Crippen molar-refractivity contribution in [3.63, 3.8) is 0 Å². The number of thioether (sulfide) groups is 1. The SMILES string of the molecule is CSCCC(=O)N(CCO)CC(F)F. The van der Waals surface area contributed by atoms with E-state index in [1.807, 2.05) is 6.26 Å². The molecule has 0 atom stereocenters. The summed E-state index contributed by atoms with van der Waals surface area (Å²) in [6, 6.07) is 0. The maximum absolute atomic E-state index is 12.0. The molecule has 0 aromatic heterocycles. The van der Waals surface area contributed by atoms with Gasteiger partial charge in [-0.2, -0.15) is 11.8 Å². The van der Waals surface area contributed by atoms with E-state index < -0.39 is 13.0 Å². The highest BCUT2D eigenvalue weighted by Gasteiger charge is 2.16. The molecule has 0 fully saturated rings. The van der Waals surface area contributed by atoms with Gasteiger partial charge in [-0.3, -0.25) is 4.79 Å². The molecule has 0 saturated carbocycles. The highest BCUT2D eigenvalue weighted by molar-refractivity contribution is 7.98. The topological polar surface area (TPSA) is 40.5 Å². The molecule has 84 valence electrons. The number of alkyl halides is 2. The van der Waals surface area contributed by atoms with Crippen molar-refractivity contribution >= 4 is 17.7 Å². The Morgan fingerprint density at radius 1 is 1.57 bits per heavy atom. The number of carbonyl (C=O) groups excluding carboxylic acids is 1. The van der Waals surface area contributed by atoms with E-state index in [1.54, 1.807) is 0 Å². The Morgan fingerprint density at radius 2 is 2.21 bits per heavy atom. The number of halogens is 2. The lowest BCUT2D eigenvalue weighted by atomic mass is 10.3. The van der Waals surface area contributed by atoms with Crippen LogP contribution in [0.2, 0.25) is 0 Å². The molecule has 0 bridgehead atoms. The number of nitrogens with zero attached hydrogens (tertiary/aromatic N) is 1. The Kier molecular flexibility index (Phi) is 7.78. The molecular formula is C8H15F2NO2S. The molecule has 0 aliphatic carbocycles. The lowest BCUT2D eigenvalue weighted by Crippen LogP contribution is -2.37. The van der Waals surface area contributed by atoms with Crippen LogP contribution in [0.5, 0.6) is 0 Å². The molecule has 0 unspecified atom stereocenters. The monoisotopic (exact) mass is 227 g/mol. The number of amides is 1. The van der Waals surface area contributed by atoms with Crippen LogP contribution in [0.3, 0.4) is 0 Å². The summed E-state index contributed by atoms with van der Waals surface area (Å²) in [5, 5.41) is 8.58. The van der Waals surface area contributed by atoms with E-state index in [9.17, 15) is 13.6 Å². The predicted molar refractivity (Wildman–Crippen MR) is 52.7 cm³/mol. The van der Waals surface area contributed by atoms with Crippen molar-refractivity contribution in [2.75, 3.05) is 31.7 Å². The molecule has 6 heteroatoms. The third-order valence-corrected chi connectivity index (χ3v) is 2.21.